The van der Waals surface area contributed by atoms with Crippen molar-refractivity contribution < 1.29 is 23.8 Å². The Labute approximate surface area is 230 Å². The van der Waals surface area contributed by atoms with E-state index in [1.807, 2.05) is 24.8 Å². The van der Waals surface area contributed by atoms with Gasteiger partial charge in [0.15, 0.2) is 5.82 Å². The van der Waals surface area contributed by atoms with Gasteiger partial charge in [-0.1, -0.05) is 11.6 Å². The predicted octanol–water partition coefficient (Wildman–Crippen LogP) is 4.52. The number of carbonyl (C=O) groups excluding carboxylic acids is 1. The third kappa shape index (κ3) is 4.50. The summed E-state index contributed by atoms with van der Waals surface area (Å²) < 4.78 is 28.1. The summed E-state index contributed by atoms with van der Waals surface area (Å²) in [6.07, 6.45) is 3.65. The maximum atomic E-state index is 15.7. The highest BCUT2D eigenvalue weighted by Gasteiger charge is 2.51. The van der Waals surface area contributed by atoms with E-state index in [0.717, 1.165) is 25.1 Å². The summed E-state index contributed by atoms with van der Waals surface area (Å²) >= 11 is 6.50. The summed E-state index contributed by atoms with van der Waals surface area (Å²) in [6.45, 7) is 4.85. The number of aliphatic hydroxyl groups excluding tert-OH is 1. The van der Waals surface area contributed by atoms with E-state index in [-0.39, 0.29) is 53.3 Å². The quantitative estimate of drug-likeness (QED) is 0.470. The van der Waals surface area contributed by atoms with Crippen LogP contribution in [0.25, 0.3) is 22.3 Å². The molecule has 0 radical (unpaired) electrons. The first-order chi connectivity index (χ1) is 18.8. The number of carbonyl (C=O) groups is 1. The standard InChI is InChI=1S/C27H32ClFN6O4/c1-13(2)34-21-9-14(23-17(28)11-30-26(33-23)31-19-6-7-39-12-22(19)36)8-18(29)24(21)32-25(34)16-10-15-4-5-20(16)35(15)27(37)38-3/h8-9,11,13,15-16,19-20,22,36H,4-7,10,12H2,1-3H3,(H,30,31,33)/t15?,16-,19?,20?,22+/m0/s1. The van der Waals surface area contributed by atoms with E-state index in [0.29, 0.717) is 35.8 Å². The highest BCUT2D eigenvalue weighted by atomic mass is 35.5. The predicted molar refractivity (Wildman–Crippen MR) is 143 cm³/mol. The zero-order chi connectivity index (χ0) is 27.4. The molecule has 0 aliphatic carbocycles. The Bertz CT molecular complexity index is 1420. The summed E-state index contributed by atoms with van der Waals surface area (Å²) in [6, 6.07) is 3.08. The highest BCUT2D eigenvalue weighted by Crippen LogP contribution is 2.48. The fraction of sp³-hybridized carbons (Fsp3) is 0.556. The SMILES string of the molecule is COC(=O)N1C2CCC1[C@@H](c1nc3c(F)cc(-c4nc(NC5CCOC[C@H]5O)ncc4Cl)cc3n1C(C)C)C2. The smallest absolute Gasteiger partial charge is 0.410 e. The molecule has 2 aromatic heterocycles. The number of halogens is 2. The molecule has 3 aliphatic heterocycles. The molecule has 0 saturated carbocycles. The minimum Gasteiger partial charge on any atom is -0.453 e. The Morgan fingerprint density at radius 2 is 2.10 bits per heavy atom. The van der Waals surface area contributed by atoms with Crippen LogP contribution in [0.1, 0.15) is 57.3 Å². The van der Waals surface area contributed by atoms with Gasteiger partial charge in [-0.2, -0.15) is 0 Å². The van der Waals surface area contributed by atoms with Crippen LogP contribution in [0, 0.1) is 5.82 Å². The molecule has 6 rings (SSSR count). The lowest BCUT2D eigenvalue weighted by Gasteiger charge is -2.28. The Morgan fingerprint density at radius 1 is 1.28 bits per heavy atom. The van der Waals surface area contributed by atoms with Gasteiger partial charge in [-0.05, 0) is 51.7 Å². The molecular formula is C27H32ClFN6O4. The summed E-state index contributed by atoms with van der Waals surface area (Å²) in [5.41, 5.74) is 1.81. The molecule has 3 fully saturated rings. The number of hydrogen-bond donors (Lipinski definition) is 2. The summed E-state index contributed by atoms with van der Waals surface area (Å²) in [4.78, 5) is 28.0. The number of rotatable bonds is 5. The average molecular weight is 559 g/mol. The van der Waals surface area contributed by atoms with Crippen LogP contribution in [0.15, 0.2) is 18.3 Å². The number of amides is 1. The van der Waals surface area contributed by atoms with Gasteiger partial charge in [0.1, 0.15) is 11.3 Å². The number of fused-ring (bicyclic) bond motifs is 3. The van der Waals surface area contributed by atoms with Crippen molar-refractivity contribution in [2.24, 2.45) is 0 Å². The zero-order valence-electron chi connectivity index (χ0n) is 22.1. The van der Waals surface area contributed by atoms with Crippen LogP contribution in [0.4, 0.5) is 15.1 Å². The van der Waals surface area contributed by atoms with E-state index in [4.69, 9.17) is 26.1 Å². The minimum absolute atomic E-state index is 0.00143. The van der Waals surface area contributed by atoms with Crippen LogP contribution in [0.5, 0.6) is 0 Å². The molecule has 1 aromatic carbocycles. The van der Waals surface area contributed by atoms with Crippen LogP contribution >= 0.6 is 11.6 Å². The van der Waals surface area contributed by atoms with Crippen molar-refractivity contribution in [1.82, 2.24) is 24.4 Å². The van der Waals surface area contributed by atoms with E-state index >= 15 is 4.39 Å². The number of aromatic nitrogens is 4. The first-order valence-electron chi connectivity index (χ1n) is 13.4. The van der Waals surface area contributed by atoms with Gasteiger partial charge in [0, 0.05) is 36.2 Å². The Balaban J connectivity index is 1.39. The van der Waals surface area contributed by atoms with Gasteiger partial charge < -0.3 is 29.4 Å². The van der Waals surface area contributed by atoms with Gasteiger partial charge in [-0.3, -0.25) is 0 Å². The van der Waals surface area contributed by atoms with Crippen molar-refractivity contribution in [3.05, 3.63) is 35.0 Å². The van der Waals surface area contributed by atoms with Crippen molar-refractivity contribution >= 4 is 34.7 Å². The number of methoxy groups -OCH3 is 1. The monoisotopic (exact) mass is 558 g/mol. The molecular weight excluding hydrogens is 527 g/mol. The van der Waals surface area contributed by atoms with Crippen LogP contribution in [-0.2, 0) is 9.47 Å². The lowest BCUT2D eigenvalue weighted by molar-refractivity contribution is -0.0136. The summed E-state index contributed by atoms with van der Waals surface area (Å²) in [7, 11) is 1.40. The molecule has 2 bridgehead atoms. The molecule has 0 spiro atoms. The molecule has 3 aromatic rings. The van der Waals surface area contributed by atoms with Crippen LogP contribution < -0.4 is 5.32 Å². The first kappa shape index (κ1) is 26.2. The lowest BCUT2D eigenvalue weighted by atomic mass is 9.88. The van der Waals surface area contributed by atoms with Crippen molar-refractivity contribution in [2.75, 3.05) is 25.6 Å². The zero-order valence-corrected chi connectivity index (χ0v) is 22.9. The lowest BCUT2D eigenvalue weighted by Crippen LogP contribution is -2.42. The highest BCUT2D eigenvalue weighted by molar-refractivity contribution is 6.33. The van der Waals surface area contributed by atoms with Gasteiger partial charge in [0.05, 0.1) is 48.3 Å². The second-order valence-electron chi connectivity index (χ2n) is 10.8. The van der Waals surface area contributed by atoms with Gasteiger partial charge in [-0.25, -0.2) is 24.1 Å². The third-order valence-corrected chi connectivity index (χ3v) is 8.48. The molecule has 2 N–H and O–H groups in total. The normalized spacial score (nSPS) is 26.5. The van der Waals surface area contributed by atoms with E-state index in [1.54, 1.807) is 0 Å². The number of ether oxygens (including phenoxy) is 2. The molecule has 3 unspecified atom stereocenters. The number of benzene rings is 1. The Hall–Kier alpha value is -3.02. The van der Waals surface area contributed by atoms with Crippen LogP contribution in [0.2, 0.25) is 5.02 Å². The Kier molecular flexibility index (Phi) is 6.84. The fourth-order valence-corrected chi connectivity index (χ4v) is 6.66. The molecule has 12 heteroatoms. The summed E-state index contributed by atoms with van der Waals surface area (Å²) in [5, 5.41) is 13.7. The number of imidazole rings is 1. The third-order valence-electron chi connectivity index (χ3n) is 8.20. The van der Waals surface area contributed by atoms with Crippen LogP contribution in [-0.4, -0.2) is 80.2 Å². The average Bonchev–Trinajstić information content (AvgIpc) is 3.61. The molecule has 5 atom stereocenters. The second kappa shape index (κ2) is 10.2. The minimum atomic E-state index is -0.685. The largest absolute Gasteiger partial charge is 0.453 e. The number of hydrogen-bond acceptors (Lipinski definition) is 8. The molecule has 208 valence electrons. The van der Waals surface area contributed by atoms with Gasteiger partial charge in [-0.15, -0.1) is 0 Å². The Morgan fingerprint density at radius 3 is 2.85 bits per heavy atom. The molecule has 10 nitrogen and oxygen atoms in total. The summed E-state index contributed by atoms with van der Waals surface area (Å²) in [5.74, 6) is 0.593. The van der Waals surface area contributed by atoms with Crippen molar-refractivity contribution in [3.63, 3.8) is 0 Å². The van der Waals surface area contributed by atoms with Crippen molar-refractivity contribution in [3.8, 4) is 11.3 Å². The van der Waals surface area contributed by atoms with Gasteiger partial charge in [0.25, 0.3) is 0 Å². The molecule has 1 amide bonds. The van der Waals surface area contributed by atoms with Gasteiger partial charge in [0.2, 0.25) is 5.95 Å². The maximum Gasteiger partial charge on any atom is 0.410 e. The second-order valence-corrected chi connectivity index (χ2v) is 11.3. The molecule has 3 saturated heterocycles. The van der Waals surface area contributed by atoms with E-state index in [9.17, 15) is 9.90 Å². The van der Waals surface area contributed by atoms with E-state index in [1.165, 1.54) is 19.4 Å². The first-order valence-corrected chi connectivity index (χ1v) is 13.8. The number of nitrogens with zero attached hydrogens (tertiary/aromatic N) is 5. The number of anilines is 1. The number of aliphatic hydroxyl groups is 1. The molecule has 39 heavy (non-hydrogen) atoms. The maximum absolute atomic E-state index is 15.7. The topological polar surface area (TPSA) is 115 Å². The van der Waals surface area contributed by atoms with Crippen LogP contribution in [0.3, 0.4) is 0 Å². The van der Waals surface area contributed by atoms with Crippen molar-refractivity contribution in [1.29, 1.82) is 0 Å². The molecule has 3 aliphatic rings. The van der Waals surface area contributed by atoms with Crippen molar-refractivity contribution in [2.45, 2.75) is 75.7 Å². The number of nitrogens with one attached hydrogen (secondary N) is 1. The van der Waals surface area contributed by atoms with E-state index < -0.39 is 11.9 Å². The molecule has 5 heterocycles. The van der Waals surface area contributed by atoms with Gasteiger partial charge >= 0.3 is 6.09 Å². The van der Waals surface area contributed by atoms with E-state index in [2.05, 4.69) is 19.9 Å². The fourth-order valence-electron chi connectivity index (χ4n) is 6.46.